The Morgan fingerprint density at radius 3 is 3.04 bits per heavy atom. The summed E-state index contributed by atoms with van der Waals surface area (Å²) >= 11 is 0. The summed E-state index contributed by atoms with van der Waals surface area (Å²) in [6, 6.07) is 5.52. The molecule has 0 aliphatic carbocycles. The molecule has 1 aromatic carbocycles. The molecule has 2 N–H and O–H groups in total. The summed E-state index contributed by atoms with van der Waals surface area (Å²) in [5.74, 6) is 0.366. The molecular weight excluding hydrogens is 350 g/mol. The fourth-order valence-corrected chi connectivity index (χ4v) is 2.67. The molecule has 2 aromatic rings. The van der Waals surface area contributed by atoms with Gasteiger partial charge in [0.2, 0.25) is 11.7 Å². The molecule has 0 spiro atoms. The monoisotopic (exact) mass is 373 g/mol. The minimum absolute atomic E-state index is 0.000876. The van der Waals surface area contributed by atoms with Gasteiger partial charge in [0.15, 0.2) is 6.61 Å². The van der Waals surface area contributed by atoms with Crippen molar-refractivity contribution in [2.75, 3.05) is 32.5 Å². The van der Waals surface area contributed by atoms with Crippen LogP contribution in [0.5, 0.6) is 5.75 Å². The molecule has 3 rings (SSSR count). The zero-order valence-electron chi connectivity index (χ0n) is 15.4. The van der Waals surface area contributed by atoms with Gasteiger partial charge in [0.25, 0.3) is 0 Å². The molecule has 0 fully saturated rings. The number of benzene rings is 1. The van der Waals surface area contributed by atoms with E-state index in [2.05, 4.69) is 20.8 Å². The van der Waals surface area contributed by atoms with E-state index >= 15 is 0 Å². The first-order valence-corrected chi connectivity index (χ1v) is 8.82. The number of nitrogens with one attached hydrogen (secondary N) is 2. The smallest absolute Gasteiger partial charge is 0.316 e. The van der Waals surface area contributed by atoms with Crippen LogP contribution in [0.25, 0.3) is 0 Å². The molecule has 1 aliphatic rings. The number of hydrogen-bond acceptors (Lipinski definition) is 7. The lowest BCUT2D eigenvalue weighted by molar-refractivity contribution is -0.116. The van der Waals surface area contributed by atoms with Crippen molar-refractivity contribution < 1.29 is 18.8 Å². The van der Waals surface area contributed by atoms with Crippen LogP contribution >= 0.6 is 0 Å². The maximum Gasteiger partial charge on any atom is 0.316 e. The van der Waals surface area contributed by atoms with E-state index in [9.17, 15) is 9.59 Å². The van der Waals surface area contributed by atoms with Gasteiger partial charge in [0.1, 0.15) is 5.75 Å². The standard InChI is InChI=1S/C18H23N5O4/c1-23(2)9-3-8-19-17(25)18-21-15(22-27-18)11-26-13-6-4-12-5-7-16(24)20-14(12)10-13/h4,6,10H,3,5,7-9,11H2,1-2H3,(H,19,25)(H,20,24). The predicted octanol–water partition coefficient (Wildman–Crippen LogP) is 1.21. The Morgan fingerprint density at radius 2 is 2.22 bits per heavy atom. The van der Waals surface area contributed by atoms with E-state index in [0.717, 1.165) is 30.6 Å². The number of carbonyl (C=O) groups is 2. The van der Waals surface area contributed by atoms with Gasteiger partial charge in [-0.2, -0.15) is 4.98 Å². The molecule has 2 heterocycles. The summed E-state index contributed by atoms with van der Waals surface area (Å²) in [6.07, 6.45) is 2.05. The molecule has 0 saturated heterocycles. The van der Waals surface area contributed by atoms with Crippen LogP contribution in [0.15, 0.2) is 22.7 Å². The molecule has 9 nitrogen and oxygen atoms in total. The molecule has 0 saturated carbocycles. The Labute approximate surface area is 157 Å². The third-order valence-corrected chi connectivity index (χ3v) is 4.07. The normalized spacial score (nSPS) is 13.2. The number of hydrogen-bond donors (Lipinski definition) is 2. The number of amides is 2. The van der Waals surface area contributed by atoms with Crippen molar-refractivity contribution in [2.45, 2.75) is 25.9 Å². The molecule has 0 unspecified atom stereocenters. The molecule has 1 aliphatic heterocycles. The second-order valence-electron chi connectivity index (χ2n) is 6.58. The number of fused-ring (bicyclic) bond motifs is 1. The van der Waals surface area contributed by atoms with Crippen molar-refractivity contribution in [3.8, 4) is 5.75 Å². The average molecular weight is 373 g/mol. The zero-order chi connectivity index (χ0) is 19.2. The quantitative estimate of drug-likeness (QED) is 0.670. The molecular formula is C18H23N5O4. The maximum absolute atomic E-state index is 12.0. The average Bonchev–Trinajstić information content (AvgIpc) is 3.12. The summed E-state index contributed by atoms with van der Waals surface area (Å²) < 4.78 is 10.6. The van der Waals surface area contributed by atoms with Crippen LogP contribution < -0.4 is 15.4 Å². The summed E-state index contributed by atoms with van der Waals surface area (Å²) in [5, 5.41) is 9.32. The van der Waals surface area contributed by atoms with Gasteiger partial charge in [-0.05, 0) is 45.1 Å². The molecule has 0 atom stereocenters. The minimum atomic E-state index is -0.399. The lowest BCUT2D eigenvalue weighted by Crippen LogP contribution is -2.27. The first-order valence-electron chi connectivity index (χ1n) is 8.82. The second-order valence-corrected chi connectivity index (χ2v) is 6.58. The fraction of sp³-hybridized carbons (Fsp3) is 0.444. The third-order valence-electron chi connectivity index (χ3n) is 4.07. The summed E-state index contributed by atoms with van der Waals surface area (Å²) in [4.78, 5) is 29.5. The van der Waals surface area contributed by atoms with Crippen molar-refractivity contribution >= 4 is 17.5 Å². The molecule has 27 heavy (non-hydrogen) atoms. The van der Waals surface area contributed by atoms with Crippen LogP contribution in [0.2, 0.25) is 0 Å². The Hall–Kier alpha value is -2.94. The highest BCUT2D eigenvalue weighted by Gasteiger charge is 2.17. The number of aryl methyl sites for hydroxylation is 1. The van der Waals surface area contributed by atoms with Crippen molar-refractivity contribution in [1.29, 1.82) is 0 Å². The van der Waals surface area contributed by atoms with Gasteiger partial charge in [-0.25, -0.2) is 0 Å². The van der Waals surface area contributed by atoms with Crippen LogP contribution in [0.1, 0.15) is 34.9 Å². The van der Waals surface area contributed by atoms with E-state index in [1.165, 1.54) is 0 Å². The number of aromatic nitrogens is 2. The zero-order valence-corrected chi connectivity index (χ0v) is 15.4. The lowest BCUT2D eigenvalue weighted by atomic mass is 10.0. The summed E-state index contributed by atoms with van der Waals surface area (Å²) in [6.45, 7) is 1.47. The summed E-state index contributed by atoms with van der Waals surface area (Å²) in [7, 11) is 3.95. The van der Waals surface area contributed by atoms with Crippen molar-refractivity contribution in [1.82, 2.24) is 20.4 Å². The van der Waals surface area contributed by atoms with E-state index in [4.69, 9.17) is 9.26 Å². The molecule has 2 amide bonds. The first kappa shape index (κ1) is 18.8. The van der Waals surface area contributed by atoms with Gasteiger partial charge in [-0.3, -0.25) is 9.59 Å². The largest absolute Gasteiger partial charge is 0.485 e. The van der Waals surface area contributed by atoms with Crippen LogP contribution in [0.4, 0.5) is 5.69 Å². The summed E-state index contributed by atoms with van der Waals surface area (Å²) in [5.41, 5.74) is 1.84. The van der Waals surface area contributed by atoms with Crippen LogP contribution in [0, 0.1) is 0 Å². The Balaban J connectivity index is 1.50. The van der Waals surface area contributed by atoms with Crippen LogP contribution in [-0.4, -0.2) is 54.0 Å². The first-order chi connectivity index (χ1) is 13.0. The van der Waals surface area contributed by atoms with Gasteiger partial charge < -0.3 is 24.8 Å². The second kappa shape index (κ2) is 8.63. The topological polar surface area (TPSA) is 110 Å². The van der Waals surface area contributed by atoms with E-state index < -0.39 is 5.91 Å². The van der Waals surface area contributed by atoms with Gasteiger partial charge in [0, 0.05) is 24.7 Å². The lowest BCUT2D eigenvalue weighted by Gasteiger charge is -2.17. The van der Waals surface area contributed by atoms with Crippen molar-refractivity contribution in [2.24, 2.45) is 0 Å². The maximum atomic E-state index is 12.0. The molecule has 0 bridgehead atoms. The minimum Gasteiger partial charge on any atom is -0.485 e. The number of nitrogens with zero attached hydrogens (tertiary/aromatic N) is 3. The Kier molecular flexibility index (Phi) is 6.02. The molecule has 144 valence electrons. The number of carbonyl (C=O) groups excluding carboxylic acids is 2. The Morgan fingerprint density at radius 1 is 1.37 bits per heavy atom. The van der Waals surface area contributed by atoms with Gasteiger partial charge in [0.05, 0.1) is 0 Å². The highest BCUT2D eigenvalue weighted by atomic mass is 16.5. The highest BCUT2D eigenvalue weighted by molar-refractivity contribution is 5.94. The Bertz CT molecular complexity index is 818. The van der Waals surface area contributed by atoms with E-state index in [1.54, 1.807) is 6.07 Å². The van der Waals surface area contributed by atoms with E-state index in [-0.39, 0.29) is 24.2 Å². The van der Waals surface area contributed by atoms with E-state index in [0.29, 0.717) is 18.7 Å². The number of anilines is 1. The number of rotatable bonds is 8. The van der Waals surface area contributed by atoms with Gasteiger partial charge in [-0.1, -0.05) is 11.2 Å². The van der Waals surface area contributed by atoms with Gasteiger partial charge in [-0.15, -0.1) is 0 Å². The SMILES string of the molecule is CN(C)CCCNC(=O)c1nc(COc2ccc3c(c2)NC(=O)CC3)no1. The van der Waals surface area contributed by atoms with E-state index in [1.807, 2.05) is 31.1 Å². The predicted molar refractivity (Wildman–Crippen MR) is 97.5 cm³/mol. The van der Waals surface area contributed by atoms with Crippen LogP contribution in [0.3, 0.4) is 0 Å². The van der Waals surface area contributed by atoms with Gasteiger partial charge >= 0.3 is 11.8 Å². The van der Waals surface area contributed by atoms with Crippen molar-refractivity contribution in [3.05, 3.63) is 35.5 Å². The number of ether oxygens (including phenoxy) is 1. The molecule has 0 radical (unpaired) electrons. The third kappa shape index (κ3) is 5.27. The molecule has 9 heteroatoms. The highest BCUT2D eigenvalue weighted by Crippen LogP contribution is 2.27. The molecule has 1 aromatic heterocycles. The fourth-order valence-electron chi connectivity index (χ4n) is 2.67. The van der Waals surface area contributed by atoms with Crippen LogP contribution in [-0.2, 0) is 17.8 Å². The van der Waals surface area contributed by atoms with Crippen molar-refractivity contribution in [3.63, 3.8) is 0 Å².